The van der Waals surface area contributed by atoms with Gasteiger partial charge in [0.1, 0.15) is 0 Å². The summed E-state index contributed by atoms with van der Waals surface area (Å²) in [5.41, 5.74) is 1.06. The third-order valence-corrected chi connectivity index (χ3v) is 5.54. The predicted octanol–water partition coefficient (Wildman–Crippen LogP) is 1.63. The third kappa shape index (κ3) is 5.40. The Kier molecular flexibility index (Phi) is 6.65. The minimum absolute atomic E-state index is 0.0913. The van der Waals surface area contributed by atoms with Gasteiger partial charge >= 0.3 is 12.1 Å². The maximum atomic E-state index is 12.8. The summed E-state index contributed by atoms with van der Waals surface area (Å²) in [4.78, 5) is 25.9. The molecule has 0 aliphatic carbocycles. The number of halogens is 3. The quantitative estimate of drug-likeness (QED) is 0.752. The van der Waals surface area contributed by atoms with Crippen LogP contribution in [0.3, 0.4) is 0 Å². The van der Waals surface area contributed by atoms with E-state index in [1.807, 2.05) is 23.1 Å². The Hall–Kier alpha value is -2.53. The number of hydrogen-bond donors (Lipinski definition) is 1. The van der Waals surface area contributed by atoms with Crippen molar-refractivity contribution in [1.29, 1.82) is 0 Å². The molecule has 8 nitrogen and oxygen atoms in total. The van der Waals surface area contributed by atoms with Crippen LogP contribution < -0.4 is 9.47 Å². The molecule has 11 heteroatoms. The molecule has 31 heavy (non-hydrogen) atoms. The first-order valence-electron chi connectivity index (χ1n) is 9.69. The highest BCUT2D eigenvalue weighted by atomic mass is 19.4. The Morgan fingerprint density at radius 2 is 1.94 bits per heavy atom. The number of carbonyl (C=O) groups excluding carboxylic acids is 1. The second-order valence-electron chi connectivity index (χ2n) is 8.25. The fourth-order valence-corrected chi connectivity index (χ4v) is 4.21. The van der Waals surface area contributed by atoms with Gasteiger partial charge in [-0.3, -0.25) is 4.79 Å². The Bertz CT molecular complexity index is 832. The first kappa shape index (κ1) is 23.1. The van der Waals surface area contributed by atoms with Gasteiger partial charge in [0.15, 0.2) is 11.5 Å². The fourth-order valence-electron chi connectivity index (χ4n) is 4.21. The lowest BCUT2D eigenvalue weighted by Crippen LogP contribution is -2.41. The molecule has 3 aliphatic heterocycles. The summed E-state index contributed by atoms with van der Waals surface area (Å²) in [5.74, 6) is -0.644. The van der Waals surface area contributed by atoms with Crippen LogP contribution in [0.2, 0.25) is 0 Å². The Morgan fingerprint density at radius 1 is 1.26 bits per heavy atom. The van der Waals surface area contributed by atoms with Gasteiger partial charge in [0, 0.05) is 31.0 Å². The van der Waals surface area contributed by atoms with E-state index in [-0.39, 0.29) is 18.1 Å². The summed E-state index contributed by atoms with van der Waals surface area (Å²) in [5, 5.41) is 7.12. The van der Waals surface area contributed by atoms with E-state index in [4.69, 9.17) is 24.1 Å². The van der Waals surface area contributed by atoms with Crippen LogP contribution in [0.15, 0.2) is 18.2 Å². The van der Waals surface area contributed by atoms with Gasteiger partial charge in [0.05, 0.1) is 19.6 Å². The number of fused-ring (bicyclic) bond motifs is 2. The van der Waals surface area contributed by atoms with Crippen molar-refractivity contribution >= 4 is 11.9 Å². The number of carboxylic acid groups (broad SMARTS) is 1. The van der Waals surface area contributed by atoms with Crippen LogP contribution >= 0.6 is 0 Å². The molecule has 0 radical (unpaired) electrons. The Labute approximate surface area is 177 Å². The van der Waals surface area contributed by atoms with Crippen molar-refractivity contribution in [3.05, 3.63) is 23.8 Å². The minimum atomic E-state index is -5.08. The van der Waals surface area contributed by atoms with Gasteiger partial charge in [-0.1, -0.05) is 6.07 Å². The molecule has 1 aromatic rings. The number of nitrogens with zero attached hydrogens (tertiary/aromatic N) is 2. The van der Waals surface area contributed by atoms with Crippen molar-refractivity contribution < 1.29 is 42.1 Å². The number of alkyl halides is 3. The van der Waals surface area contributed by atoms with Crippen LogP contribution in [-0.4, -0.2) is 86.7 Å². The van der Waals surface area contributed by atoms with Gasteiger partial charge in [0.2, 0.25) is 12.7 Å². The number of likely N-dealkylation sites (tertiary alicyclic amines) is 1. The zero-order valence-corrected chi connectivity index (χ0v) is 17.3. The zero-order valence-electron chi connectivity index (χ0n) is 17.3. The highest BCUT2D eigenvalue weighted by Gasteiger charge is 2.51. The van der Waals surface area contributed by atoms with Gasteiger partial charge in [-0.05, 0) is 31.8 Å². The Balaban J connectivity index is 0.000000339. The summed E-state index contributed by atoms with van der Waals surface area (Å²) in [6, 6.07) is 5.74. The summed E-state index contributed by atoms with van der Waals surface area (Å²) < 4.78 is 48.2. The van der Waals surface area contributed by atoms with E-state index in [1.54, 1.807) is 0 Å². The number of aliphatic carboxylic acids is 1. The van der Waals surface area contributed by atoms with Crippen molar-refractivity contribution in [2.75, 3.05) is 53.7 Å². The lowest BCUT2D eigenvalue weighted by atomic mass is 9.81. The molecule has 0 aromatic heterocycles. The monoisotopic (exact) mass is 446 g/mol. The van der Waals surface area contributed by atoms with Crippen molar-refractivity contribution in [3.8, 4) is 11.5 Å². The topological polar surface area (TPSA) is 88.5 Å². The van der Waals surface area contributed by atoms with Crippen LogP contribution in [0.4, 0.5) is 13.2 Å². The van der Waals surface area contributed by atoms with E-state index < -0.39 is 12.1 Å². The lowest BCUT2D eigenvalue weighted by molar-refractivity contribution is -0.192. The number of benzene rings is 1. The molecule has 1 aromatic carbocycles. The van der Waals surface area contributed by atoms with Crippen LogP contribution in [0.5, 0.6) is 11.5 Å². The third-order valence-electron chi connectivity index (χ3n) is 5.54. The van der Waals surface area contributed by atoms with Crippen molar-refractivity contribution in [1.82, 2.24) is 9.80 Å². The molecule has 172 valence electrons. The highest BCUT2D eigenvalue weighted by Crippen LogP contribution is 2.42. The van der Waals surface area contributed by atoms with Crippen LogP contribution in [0.1, 0.15) is 5.56 Å². The maximum absolute atomic E-state index is 12.8. The number of carbonyl (C=O) groups is 2. The van der Waals surface area contributed by atoms with Crippen LogP contribution in [0.25, 0.3) is 0 Å². The number of rotatable bonds is 4. The van der Waals surface area contributed by atoms with Gasteiger partial charge in [0.25, 0.3) is 0 Å². The molecule has 4 rings (SSSR count). The lowest BCUT2D eigenvalue weighted by Gasteiger charge is -2.30. The summed E-state index contributed by atoms with van der Waals surface area (Å²) in [6.07, 6.45) is -4.68. The second kappa shape index (κ2) is 8.91. The van der Waals surface area contributed by atoms with Gasteiger partial charge in [-0.15, -0.1) is 0 Å². The molecule has 0 unspecified atom stereocenters. The molecule has 2 fully saturated rings. The van der Waals surface area contributed by atoms with E-state index in [0.717, 1.165) is 49.9 Å². The smallest absolute Gasteiger partial charge is 0.475 e. The summed E-state index contributed by atoms with van der Waals surface area (Å²) in [6.45, 7) is 4.33. The van der Waals surface area contributed by atoms with E-state index in [2.05, 4.69) is 19.0 Å². The number of hydrogen-bond acceptors (Lipinski definition) is 6. The molecule has 3 heterocycles. The molecule has 0 bridgehead atoms. The van der Waals surface area contributed by atoms with Crippen molar-refractivity contribution in [2.45, 2.75) is 12.6 Å². The average molecular weight is 446 g/mol. The maximum Gasteiger partial charge on any atom is 0.490 e. The number of carboxylic acids is 1. The molecule has 1 N–H and O–H groups in total. The van der Waals surface area contributed by atoms with Crippen LogP contribution in [-0.2, 0) is 20.7 Å². The largest absolute Gasteiger partial charge is 0.490 e. The molecular weight excluding hydrogens is 421 g/mol. The number of amides is 1. The second-order valence-corrected chi connectivity index (χ2v) is 8.25. The fraction of sp³-hybridized carbons (Fsp3) is 0.600. The van der Waals surface area contributed by atoms with Gasteiger partial charge in [-0.2, -0.15) is 13.2 Å². The SMILES string of the molecule is CN(C)C[C@]12COC[C@H]1CN(C(=O)Cc1ccc3c(c1)OCO3)C2.O=C(O)C(F)(F)F. The average Bonchev–Trinajstić information content (AvgIpc) is 3.34. The van der Waals surface area contributed by atoms with Crippen LogP contribution in [0, 0.1) is 11.3 Å². The molecule has 2 saturated heterocycles. The van der Waals surface area contributed by atoms with E-state index in [1.165, 1.54) is 0 Å². The zero-order chi connectivity index (χ0) is 22.8. The first-order valence-corrected chi connectivity index (χ1v) is 9.69. The number of ether oxygens (including phenoxy) is 3. The molecule has 0 saturated carbocycles. The standard InChI is InChI=1S/C18H24N2O4.C2HF3O2/c1-19(2)9-18-10-20(7-14(18)8-22-11-18)17(21)6-13-3-4-15-16(5-13)24-12-23-15;3-2(4,5)1(6)7/h3-5,14H,6-12H2,1-2H3;(H,6,7)/t14-,18+;/m1./s1. The predicted molar refractivity (Wildman–Crippen MR) is 102 cm³/mol. The van der Waals surface area contributed by atoms with E-state index in [9.17, 15) is 18.0 Å². The van der Waals surface area contributed by atoms with Crippen molar-refractivity contribution in [2.24, 2.45) is 11.3 Å². The Morgan fingerprint density at radius 3 is 2.58 bits per heavy atom. The molecule has 2 atom stereocenters. The molecule has 1 amide bonds. The normalized spacial score (nSPS) is 24.1. The van der Waals surface area contributed by atoms with Crippen molar-refractivity contribution in [3.63, 3.8) is 0 Å². The molecule has 3 aliphatic rings. The highest BCUT2D eigenvalue weighted by molar-refractivity contribution is 5.79. The van der Waals surface area contributed by atoms with E-state index in [0.29, 0.717) is 12.3 Å². The van der Waals surface area contributed by atoms with Gasteiger partial charge in [-0.25, -0.2) is 4.79 Å². The molecule has 0 spiro atoms. The van der Waals surface area contributed by atoms with E-state index >= 15 is 0 Å². The minimum Gasteiger partial charge on any atom is -0.475 e. The van der Waals surface area contributed by atoms with Gasteiger partial charge < -0.3 is 29.1 Å². The summed E-state index contributed by atoms with van der Waals surface area (Å²) in [7, 11) is 4.17. The summed E-state index contributed by atoms with van der Waals surface area (Å²) >= 11 is 0. The molecular formula is C20H25F3N2O6. The first-order chi connectivity index (χ1) is 14.5.